The molecule has 0 fully saturated rings. The van der Waals surface area contributed by atoms with Crippen molar-refractivity contribution >= 4 is 33.6 Å². The van der Waals surface area contributed by atoms with Gasteiger partial charge in [-0.3, -0.25) is 32.5 Å². The molecule has 111 heavy (non-hydrogen) atoms. The number of rotatable bonds is 79. The van der Waals surface area contributed by atoms with Gasteiger partial charge >= 0.3 is 33.6 Å². The number of carbonyl (C=O) groups excluding carboxylic acids is 3. The van der Waals surface area contributed by atoms with Gasteiger partial charge in [0.15, 0.2) is 6.10 Å². The highest BCUT2D eigenvalue weighted by molar-refractivity contribution is 7.47. The maximum Gasteiger partial charge on any atom is 0.472 e. The molecule has 4 N–H and O–H groups in total. The quantitative estimate of drug-likeness (QED) is 0.0146. The zero-order valence-electron chi connectivity index (χ0n) is 69.1. The molecule has 0 radical (unpaired) electrons. The smallest absolute Gasteiger partial charge is 0.463 e. The molecule has 0 heterocycles. The van der Waals surface area contributed by atoms with Crippen LogP contribution < -0.4 is 0 Å². The Morgan fingerprint density at radius 2 is 0.450 bits per heavy atom. The number of hydrogen-bond acceptors (Lipinski definition) is 14. The Hall–Kier alpha value is -5.61. The Labute approximate surface area is 674 Å². The van der Waals surface area contributed by atoms with Crippen LogP contribution in [0.5, 0.6) is 0 Å². The van der Waals surface area contributed by atoms with Gasteiger partial charge in [-0.15, -0.1) is 0 Å². The van der Waals surface area contributed by atoms with Gasteiger partial charge < -0.3 is 34.2 Å². The van der Waals surface area contributed by atoms with Crippen molar-refractivity contribution in [3.63, 3.8) is 0 Å². The third-order valence-corrected chi connectivity index (χ3v) is 19.2. The van der Waals surface area contributed by atoms with E-state index in [0.29, 0.717) is 19.3 Å². The summed E-state index contributed by atoms with van der Waals surface area (Å²) in [7, 11) is -9.83. The average molecular weight is 1590 g/mol. The van der Waals surface area contributed by atoms with Crippen LogP contribution in [0.2, 0.25) is 0 Å². The molecule has 630 valence electrons. The van der Waals surface area contributed by atoms with Crippen LogP contribution >= 0.6 is 15.6 Å². The fraction of sp³-hybridized carbons (Fsp3) is 0.624. The van der Waals surface area contributed by atoms with Crippen molar-refractivity contribution < 1.29 is 75.8 Å². The predicted octanol–water partition coefficient (Wildman–Crippen LogP) is 25.9. The number of aliphatic hydroxyl groups excluding tert-OH is 2. The van der Waals surface area contributed by atoms with Gasteiger partial charge in [-0.2, -0.15) is 0 Å². The van der Waals surface area contributed by atoms with Gasteiger partial charge in [-0.25, -0.2) is 9.13 Å². The Balaban J connectivity index is 4.65. The molecule has 0 saturated carbocycles. The van der Waals surface area contributed by atoms with Crippen molar-refractivity contribution in [2.75, 3.05) is 39.6 Å². The van der Waals surface area contributed by atoms with E-state index >= 15 is 0 Å². The summed E-state index contributed by atoms with van der Waals surface area (Å²) in [6.07, 6.45) is 110. The summed E-state index contributed by atoms with van der Waals surface area (Å²) in [6.45, 7) is 2.29. The van der Waals surface area contributed by atoms with Crippen molar-refractivity contribution in [2.24, 2.45) is 0 Å². The molecule has 0 aromatic carbocycles. The summed E-state index contributed by atoms with van der Waals surface area (Å²) in [5.74, 6) is -1.63. The molecule has 0 saturated heterocycles. The molecule has 0 aromatic heterocycles. The van der Waals surface area contributed by atoms with Crippen LogP contribution in [0.15, 0.2) is 194 Å². The van der Waals surface area contributed by atoms with E-state index < -0.39 is 91.5 Å². The number of carbonyl (C=O) groups is 3. The molecule has 0 aliphatic heterocycles. The van der Waals surface area contributed by atoms with Gasteiger partial charge in [-0.05, 0) is 161 Å². The third kappa shape index (κ3) is 85.1. The summed E-state index contributed by atoms with van der Waals surface area (Å²) in [5.41, 5.74) is 0. The number of ether oxygens (including phenoxy) is 3. The van der Waals surface area contributed by atoms with E-state index in [0.717, 1.165) is 193 Å². The Morgan fingerprint density at radius 1 is 0.252 bits per heavy atom. The van der Waals surface area contributed by atoms with Crippen LogP contribution in [-0.4, -0.2) is 95.9 Å². The summed E-state index contributed by atoms with van der Waals surface area (Å²) < 4.78 is 61.3. The number of aliphatic hydroxyl groups is 2. The molecule has 0 aliphatic carbocycles. The summed E-state index contributed by atoms with van der Waals surface area (Å²) in [4.78, 5) is 58.9. The van der Waals surface area contributed by atoms with Crippen LogP contribution in [-0.2, 0) is 55.8 Å². The van der Waals surface area contributed by atoms with Crippen molar-refractivity contribution in [3.05, 3.63) is 194 Å². The monoisotopic (exact) mass is 1590 g/mol. The normalized spacial score (nSPS) is 14.8. The molecular weight excluding hydrogens is 1430 g/mol. The second kappa shape index (κ2) is 83.8. The summed E-state index contributed by atoms with van der Waals surface area (Å²) in [6, 6.07) is 0. The van der Waals surface area contributed by atoms with E-state index in [4.69, 9.17) is 32.3 Å². The van der Waals surface area contributed by atoms with E-state index in [1.54, 1.807) is 0 Å². The van der Waals surface area contributed by atoms with Crippen LogP contribution in [0.3, 0.4) is 0 Å². The van der Waals surface area contributed by atoms with Crippen LogP contribution in [0, 0.1) is 0 Å². The van der Waals surface area contributed by atoms with Gasteiger partial charge in [0.1, 0.15) is 25.4 Å². The lowest BCUT2D eigenvalue weighted by molar-refractivity contribution is -0.161. The number of hydrogen-bond donors (Lipinski definition) is 4. The average Bonchev–Trinajstić information content (AvgIpc) is 0.812. The van der Waals surface area contributed by atoms with Gasteiger partial charge in [-0.1, -0.05) is 331 Å². The molecule has 0 rings (SSSR count). The minimum absolute atomic E-state index is 0.0562. The van der Waals surface area contributed by atoms with Crippen molar-refractivity contribution in [1.29, 1.82) is 0 Å². The lowest BCUT2D eigenvalue weighted by Crippen LogP contribution is -2.30. The molecule has 16 nitrogen and oxygen atoms in total. The molecule has 0 spiro atoms. The molecule has 0 aliphatic rings. The fourth-order valence-electron chi connectivity index (χ4n) is 10.9. The highest BCUT2D eigenvalue weighted by Crippen LogP contribution is 2.45. The van der Waals surface area contributed by atoms with Crippen molar-refractivity contribution in [3.8, 4) is 0 Å². The Kier molecular flexibility index (Phi) is 79.6. The first kappa shape index (κ1) is 105. The van der Waals surface area contributed by atoms with Gasteiger partial charge in [0.2, 0.25) is 0 Å². The first-order valence-corrected chi connectivity index (χ1v) is 45.7. The van der Waals surface area contributed by atoms with Crippen molar-refractivity contribution in [2.45, 2.75) is 334 Å². The zero-order chi connectivity index (χ0) is 80.8. The molecule has 0 bridgehead atoms. The Morgan fingerprint density at radius 3 is 0.721 bits per heavy atom. The summed E-state index contributed by atoms with van der Waals surface area (Å²) >= 11 is 0. The second-order valence-electron chi connectivity index (χ2n) is 27.8. The lowest BCUT2D eigenvalue weighted by Gasteiger charge is -2.21. The first-order chi connectivity index (χ1) is 54.2. The molecule has 0 aromatic rings. The van der Waals surface area contributed by atoms with Crippen LogP contribution in [0.1, 0.15) is 316 Å². The van der Waals surface area contributed by atoms with Gasteiger partial charge in [0, 0.05) is 19.3 Å². The van der Waals surface area contributed by atoms with Crippen molar-refractivity contribution in [1.82, 2.24) is 0 Å². The first-order valence-electron chi connectivity index (χ1n) is 42.7. The topological polar surface area (TPSA) is 231 Å². The number of esters is 3. The maximum absolute atomic E-state index is 13.0. The molecular formula is C93H152O16P2. The Bertz CT molecular complexity index is 2800. The minimum Gasteiger partial charge on any atom is -0.463 e. The largest absolute Gasteiger partial charge is 0.472 e. The molecule has 18 heteroatoms. The summed E-state index contributed by atoms with van der Waals surface area (Å²) in [5, 5.41) is 20.7. The van der Waals surface area contributed by atoms with E-state index in [1.165, 1.54) is 64.2 Å². The SMILES string of the molecule is CC/C=C\C/C=C\C/C=C\C/C=C\C/C=C\C/C=C\CCCCCCCCCCC(=O)OCC(COP(=O)(O)OCC(O)COP(=O)(O)OCC(O)COC(=O)CCCCCCCCCCCCCCC/C=C\C/C=C\C/C=C\C/C=C\C/C=C\CC)OC(=O)CCCCC/C=C\C/C=C\C/C=C\C/C=C\C/C=C\CC. The standard InChI is InChI=1S/C93H152O16P2/c1-4-7-10-13-16-19-22-25-28-31-34-36-38-40-42-43-45-47-48-50-53-55-58-61-64-67-70-73-76-79-91(96)103-82-88(94)83-105-110(99,100)106-84-89(95)85-107-111(101,102)108-87-90(109-93(98)81-78-75-72-69-66-63-60-57-52-33-30-27-24-21-18-15-12-9-6-3)86-104-92(97)80-77-74-71-68-65-62-59-56-54-51-49-46-44-41-39-37-35-32-29-26-23-20-17-14-11-8-5-2/h7-12,16-21,25-30,34-37,40-42,44,49,51-52,57,63,66,88-90,94-95H,4-6,13-15,22-24,31-33,38-39,43,45-48,50,53-56,58-62,64-65,67-87H2,1-3H3,(H,99,100)(H,101,102)/b10-7-,11-8-,12-9-,19-16-,20-17-,21-18-,28-25-,29-26-,30-27-,36-34-,37-35-,42-40-,44-41-,51-49-,57-52-,66-63-. The highest BCUT2D eigenvalue weighted by atomic mass is 31.2. The van der Waals surface area contributed by atoms with Crippen LogP contribution in [0.25, 0.3) is 0 Å². The second-order valence-corrected chi connectivity index (χ2v) is 30.7. The molecule has 0 amide bonds. The maximum atomic E-state index is 13.0. The van der Waals surface area contributed by atoms with Gasteiger partial charge in [0.25, 0.3) is 0 Å². The van der Waals surface area contributed by atoms with Crippen LogP contribution in [0.4, 0.5) is 0 Å². The number of allylic oxidation sites excluding steroid dienone is 32. The number of phosphoric acid groups is 2. The van der Waals surface area contributed by atoms with E-state index in [9.17, 15) is 43.5 Å². The highest BCUT2D eigenvalue weighted by Gasteiger charge is 2.29. The fourth-order valence-corrected chi connectivity index (χ4v) is 12.5. The third-order valence-electron chi connectivity index (χ3n) is 17.3. The number of phosphoric ester groups is 2. The number of unbranched alkanes of at least 4 members (excludes halogenated alkanes) is 24. The van der Waals surface area contributed by atoms with Gasteiger partial charge in [0.05, 0.1) is 26.4 Å². The molecule has 5 unspecified atom stereocenters. The van der Waals surface area contributed by atoms with E-state index in [1.807, 2.05) is 0 Å². The lowest BCUT2D eigenvalue weighted by atomic mass is 10.0. The zero-order valence-corrected chi connectivity index (χ0v) is 70.8. The predicted molar refractivity (Wildman–Crippen MR) is 463 cm³/mol. The van der Waals surface area contributed by atoms with E-state index in [-0.39, 0.29) is 19.3 Å². The van der Waals surface area contributed by atoms with E-state index in [2.05, 4.69) is 215 Å². The minimum atomic E-state index is -4.96. The molecule has 5 atom stereocenters.